The Labute approximate surface area is 104 Å². The van der Waals surface area contributed by atoms with Crippen LogP contribution in [0.1, 0.15) is 19.3 Å². The van der Waals surface area contributed by atoms with Crippen molar-refractivity contribution in [2.45, 2.75) is 19.3 Å². The van der Waals surface area contributed by atoms with E-state index in [-0.39, 0.29) is 0 Å². The van der Waals surface area contributed by atoms with E-state index in [4.69, 9.17) is 5.73 Å². The second-order valence-electron chi connectivity index (χ2n) is 4.41. The summed E-state index contributed by atoms with van der Waals surface area (Å²) in [4.78, 5) is 4.56. The predicted molar refractivity (Wildman–Crippen MR) is 73.1 cm³/mol. The lowest BCUT2D eigenvalue weighted by Crippen LogP contribution is -2.34. The number of piperidine rings is 1. The molecule has 3 rings (SSSR count). The molecule has 1 aliphatic heterocycles. The molecule has 0 atom stereocenters. The number of nitrogens with one attached hydrogen (secondary N) is 1. The van der Waals surface area contributed by atoms with Crippen LogP contribution in [0, 0.1) is 0 Å². The summed E-state index contributed by atoms with van der Waals surface area (Å²) in [5.41, 5.74) is 11.0. The third kappa shape index (κ3) is 2.35. The molecule has 0 bridgehead atoms. The number of hydrogen-bond donors (Lipinski definition) is 2. The first-order chi connectivity index (χ1) is 8.31. The lowest BCUT2D eigenvalue weighted by atomic mass is 10.2. The molecular formula is C12H16N4S. The molecule has 0 aliphatic carbocycles. The quantitative estimate of drug-likeness (QED) is 0.802. The van der Waals surface area contributed by atoms with Crippen molar-refractivity contribution in [2.75, 3.05) is 24.2 Å². The van der Waals surface area contributed by atoms with Gasteiger partial charge in [-0.15, -0.1) is 0 Å². The molecule has 0 unspecified atom stereocenters. The van der Waals surface area contributed by atoms with E-state index in [0.717, 1.165) is 34.1 Å². The maximum atomic E-state index is 5.77. The Morgan fingerprint density at radius 2 is 2.06 bits per heavy atom. The van der Waals surface area contributed by atoms with Crippen molar-refractivity contribution in [3.63, 3.8) is 0 Å². The van der Waals surface area contributed by atoms with E-state index in [0.29, 0.717) is 0 Å². The van der Waals surface area contributed by atoms with Crippen molar-refractivity contribution in [3.8, 4) is 0 Å². The molecule has 90 valence electrons. The van der Waals surface area contributed by atoms with Gasteiger partial charge < -0.3 is 5.73 Å². The lowest BCUT2D eigenvalue weighted by Gasteiger charge is -2.26. The van der Waals surface area contributed by atoms with Gasteiger partial charge in [-0.3, -0.25) is 5.43 Å². The Hall–Kier alpha value is -1.33. The van der Waals surface area contributed by atoms with Crippen LogP contribution < -0.4 is 11.2 Å². The number of aromatic nitrogens is 1. The van der Waals surface area contributed by atoms with E-state index < -0.39 is 0 Å². The van der Waals surface area contributed by atoms with Gasteiger partial charge in [-0.1, -0.05) is 17.8 Å². The molecule has 5 heteroatoms. The highest BCUT2D eigenvalue weighted by Gasteiger charge is 2.11. The number of nitrogen functional groups attached to an aromatic ring is 1. The number of hydrazine groups is 1. The molecule has 17 heavy (non-hydrogen) atoms. The zero-order valence-corrected chi connectivity index (χ0v) is 10.5. The van der Waals surface area contributed by atoms with Crippen LogP contribution in [0.4, 0.5) is 10.8 Å². The van der Waals surface area contributed by atoms with Crippen LogP contribution in [0.3, 0.4) is 0 Å². The Morgan fingerprint density at radius 1 is 1.24 bits per heavy atom. The van der Waals surface area contributed by atoms with E-state index in [1.807, 2.05) is 18.2 Å². The number of anilines is 2. The smallest absolute Gasteiger partial charge is 0.198 e. The molecule has 3 N–H and O–H groups in total. The fraction of sp³-hybridized carbons (Fsp3) is 0.417. The van der Waals surface area contributed by atoms with Crippen molar-refractivity contribution in [1.29, 1.82) is 0 Å². The molecule has 4 nitrogen and oxygen atoms in total. The second-order valence-corrected chi connectivity index (χ2v) is 5.44. The van der Waals surface area contributed by atoms with Gasteiger partial charge in [-0.25, -0.2) is 9.99 Å². The number of fused-ring (bicyclic) bond motifs is 1. The Balaban J connectivity index is 1.80. The molecule has 0 saturated carbocycles. The number of hydrogen-bond acceptors (Lipinski definition) is 5. The summed E-state index contributed by atoms with van der Waals surface area (Å²) in [7, 11) is 0. The molecule has 1 saturated heterocycles. The SMILES string of the molecule is Nc1ccc2nc(NN3CCCCC3)sc2c1. The van der Waals surface area contributed by atoms with Crippen molar-refractivity contribution >= 4 is 32.4 Å². The van der Waals surface area contributed by atoms with Gasteiger partial charge in [0, 0.05) is 18.8 Å². The summed E-state index contributed by atoms with van der Waals surface area (Å²) < 4.78 is 1.14. The van der Waals surface area contributed by atoms with Gasteiger partial charge in [-0.05, 0) is 31.0 Å². The first kappa shape index (κ1) is 10.8. The second kappa shape index (κ2) is 4.50. The van der Waals surface area contributed by atoms with Crippen LogP contribution in [0.25, 0.3) is 10.2 Å². The highest BCUT2D eigenvalue weighted by atomic mass is 32.1. The van der Waals surface area contributed by atoms with E-state index in [2.05, 4.69) is 15.4 Å². The number of nitrogens with two attached hydrogens (primary N) is 1. The average Bonchev–Trinajstić information content (AvgIpc) is 2.71. The molecular weight excluding hydrogens is 232 g/mol. The minimum atomic E-state index is 0.797. The number of nitrogens with zero attached hydrogens (tertiary/aromatic N) is 2. The fourth-order valence-electron chi connectivity index (χ4n) is 2.13. The lowest BCUT2D eigenvalue weighted by molar-refractivity contribution is 0.273. The summed E-state index contributed by atoms with van der Waals surface area (Å²) in [5.74, 6) is 0. The molecule has 1 aliphatic rings. The predicted octanol–water partition coefficient (Wildman–Crippen LogP) is 2.69. The fourth-order valence-corrected chi connectivity index (χ4v) is 3.07. The van der Waals surface area contributed by atoms with Gasteiger partial charge >= 0.3 is 0 Å². The highest BCUT2D eigenvalue weighted by molar-refractivity contribution is 7.22. The van der Waals surface area contributed by atoms with Crippen molar-refractivity contribution in [1.82, 2.24) is 9.99 Å². The van der Waals surface area contributed by atoms with Gasteiger partial charge in [0.05, 0.1) is 10.2 Å². The van der Waals surface area contributed by atoms with Crippen LogP contribution in [-0.2, 0) is 0 Å². The molecule has 1 aromatic carbocycles. The normalized spacial score (nSPS) is 17.4. The average molecular weight is 248 g/mol. The summed E-state index contributed by atoms with van der Waals surface area (Å²) in [5, 5.41) is 3.22. The molecule has 0 spiro atoms. The first-order valence-corrected chi connectivity index (χ1v) is 6.80. The molecule has 2 aromatic rings. The third-order valence-electron chi connectivity index (χ3n) is 3.02. The Kier molecular flexibility index (Phi) is 2.86. The van der Waals surface area contributed by atoms with Crippen LogP contribution in [0.2, 0.25) is 0 Å². The van der Waals surface area contributed by atoms with Crippen molar-refractivity contribution in [2.24, 2.45) is 0 Å². The van der Waals surface area contributed by atoms with Crippen LogP contribution in [-0.4, -0.2) is 23.1 Å². The van der Waals surface area contributed by atoms with E-state index in [9.17, 15) is 0 Å². The summed E-state index contributed by atoms with van der Waals surface area (Å²) in [6.07, 6.45) is 3.88. The van der Waals surface area contributed by atoms with Gasteiger partial charge in [0.1, 0.15) is 0 Å². The Morgan fingerprint density at radius 3 is 2.88 bits per heavy atom. The van der Waals surface area contributed by atoms with Gasteiger partial charge in [0.25, 0.3) is 0 Å². The first-order valence-electron chi connectivity index (χ1n) is 5.99. The molecule has 0 amide bonds. The largest absolute Gasteiger partial charge is 0.399 e. The minimum Gasteiger partial charge on any atom is -0.399 e. The van der Waals surface area contributed by atoms with Crippen molar-refractivity contribution < 1.29 is 0 Å². The summed E-state index contributed by atoms with van der Waals surface area (Å²) in [6, 6.07) is 5.85. The molecule has 2 heterocycles. The van der Waals surface area contributed by atoms with Crippen LogP contribution in [0.5, 0.6) is 0 Å². The Bertz CT molecular complexity index is 516. The van der Waals surface area contributed by atoms with Crippen molar-refractivity contribution in [3.05, 3.63) is 18.2 Å². The standard InChI is InChI=1S/C12H16N4S/c13-9-4-5-10-11(8-9)17-12(14-10)15-16-6-2-1-3-7-16/h4-5,8H,1-3,6-7,13H2,(H,14,15). The van der Waals surface area contributed by atoms with Crippen LogP contribution >= 0.6 is 11.3 Å². The monoisotopic (exact) mass is 248 g/mol. The number of benzene rings is 1. The zero-order chi connectivity index (χ0) is 11.7. The van der Waals surface area contributed by atoms with E-state index in [1.165, 1.54) is 19.3 Å². The summed E-state index contributed by atoms with van der Waals surface area (Å²) >= 11 is 1.66. The maximum Gasteiger partial charge on any atom is 0.198 e. The van der Waals surface area contributed by atoms with Crippen LogP contribution in [0.15, 0.2) is 18.2 Å². The summed E-state index contributed by atoms with van der Waals surface area (Å²) in [6.45, 7) is 2.22. The minimum absolute atomic E-state index is 0.797. The molecule has 0 radical (unpaired) electrons. The van der Waals surface area contributed by atoms with E-state index >= 15 is 0 Å². The molecule has 1 aromatic heterocycles. The highest BCUT2D eigenvalue weighted by Crippen LogP contribution is 2.28. The topological polar surface area (TPSA) is 54.2 Å². The van der Waals surface area contributed by atoms with Gasteiger partial charge in [-0.2, -0.15) is 0 Å². The maximum absolute atomic E-state index is 5.77. The number of rotatable bonds is 2. The van der Waals surface area contributed by atoms with Gasteiger partial charge in [0.2, 0.25) is 0 Å². The number of thiazole rings is 1. The van der Waals surface area contributed by atoms with E-state index in [1.54, 1.807) is 11.3 Å². The molecule has 1 fully saturated rings. The third-order valence-corrected chi connectivity index (χ3v) is 3.95. The zero-order valence-electron chi connectivity index (χ0n) is 9.65. The van der Waals surface area contributed by atoms with Gasteiger partial charge in [0.15, 0.2) is 5.13 Å².